The maximum absolute atomic E-state index is 13.0. The lowest BCUT2D eigenvalue weighted by Gasteiger charge is -2.38. The topological polar surface area (TPSA) is 108 Å². The van der Waals surface area contributed by atoms with E-state index in [4.69, 9.17) is 5.73 Å². The van der Waals surface area contributed by atoms with Crippen LogP contribution in [0, 0.1) is 17.8 Å². The van der Waals surface area contributed by atoms with Gasteiger partial charge in [0, 0.05) is 45.8 Å². The summed E-state index contributed by atoms with van der Waals surface area (Å²) >= 11 is 0. The van der Waals surface area contributed by atoms with Crippen molar-refractivity contribution >= 4 is 30.3 Å². The van der Waals surface area contributed by atoms with Gasteiger partial charge < -0.3 is 26.2 Å². The molecular formula is C19H36ClN5O3. The molecule has 0 aliphatic carbocycles. The zero-order valence-corrected chi connectivity index (χ0v) is 17.9. The second-order valence-electron chi connectivity index (χ2n) is 8.07. The molecule has 2 heterocycles. The number of nitrogens with zero attached hydrogens (tertiary/aromatic N) is 2. The molecule has 2 rings (SSSR count). The summed E-state index contributed by atoms with van der Waals surface area (Å²) in [5.41, 5.74) is 5.44. The molecule has 0 radical (unpaired) electrons. The first-order chi connectivity index (χ1) is 12.9. The van der Waals surface area contributed by atoms with E-state index in [0.29, 0.717) is 51.7 Å². The zero-order valence-electron chi connectivity index (χ0n) is 17.1. The van der Waals surface area contributed by atoms with Crippen LogP contribution in [0.2, 0.25) is 0 Å². The van der Waals surface area contributed by atoms with Crippen molar-refractivity contribution in [2.75, 3.05) is 45.8 Å². The van der Waals surface area contributed by atoms with Crippen LogP contribution in [0.25, 0.3) is 0 Å². The minimum atomic E-state index is -0.172. The number of hydrogen-bond acceptors (Lipinski definition) is 4. The normalized spacial score (nSPS) is 22.4. The van der Waals surface area contributed by atoms with Gasteiger partial charge in [-0.3, -0.25) is 9.59 Å². The van der Waals surface area contributed by atoms with Crippen LogP contribution < -0.4 is 16.4 Å². The van der Waals surface area contributed by atoms with E-state index < -0.39 is 0 Å². The molecule has 2 fully saturated rings. The molecule has 4 amide bonds. The molecule has 0 aromatic heterocycles. The van der Waals surface area contributed by atoms with Crippen LogP contribution in [0.15, 0.2) is 0 Å². The quantitative estimate of drug-likeness (QED) is 0.594. The largest absolute Gasteiger partial charge is 0.355 e. The first-order valence-electron chi connectivity index (χ1n) is 10.2. The average Bonchev–Trinajstić information content (AvgIpc) is 2.69. The van der Waals surface area contributed by atoms with Crippen LogP contribution in [-0.4, -0.2) is 73.5 Å². The number of hydrogen-bond donors (Lipinski definition) is 3. The van der Waals surface area contributed by atoms with Gasteiger partial charge in [0.25, 0.3) is 0 Å². The first kappa shape index (κ1) is 24.5. The molecule has 8 nitrogen and oxygen atoms in total. The van der Waals surface area contributed by atoms with E-state index in [-0.39, 0.29) is 42.1 Å². The fraction of sp³-hybridized carbons (Fsp3) is 0.842. The van der Waals surface area contributed by atoms with Gasteiger partial charge in [-0.1, -0.05) is 13.8 Å². The Kier molecular flexibility index (Phi) is 10.6. The highest BCUT2D eigenvalue weighted by Gasteiger charge is 2.34. The number of halogens is 1. The van der Waals surface area contributed by atoms with Crippen molar-refractivity contribution in [1.29, 1.82) is 0 Å². The Balaban J connectivity index is 0.00000392. The van der Waals surface area contributed by atoms with Crippen LogP contribution >= 0.6 is 12.4 Å². The van der Waals surface area contributed by atoms with Crippen molar-refractivity contribution < 1.29 is 14.4 Å². The number of nitrogens with one attached hydrogen (secondary N) is 2. The molecule has 2 aliphatic heterocycles. The molecule has 0 aromatic carbocycles. The third-order valence-corrected chi connectivity index (χ3v) is 5.27. The van der Waals surface area contributed by atoms with Crippen LogP contribution in [0.5, 0.6) is 0 Å². The molecule has 162 valence electrons. The average molecular weight is 418 g/mol. The van der Waals surface area contributed by atoms with E-state index in [1.807, 2.05) is 4.90 Å². The number of carbonyl (C=O) groups excluding carboxylic acids is 3. The molecule has 4 N–H and O–H groups in total. The Hall–Kier alpha value is -1.54. The van der Waals surface area contributed by atoms with Gasteiger partial charge in [0.2, 0.25) is 11.8 Å². The number of rotatable bonds is 6. The van der Waals surface area contributed by atoms with Gasteiger partial charge in [0.15, 0.2) is 0 Å². The fourth-order valence-electron chi connectivity index (χ4n) is 3.76. The lowest BCUT2D eigenvalue weighted by atomic mass is 9.92. The predicted octanol–water partition coefficient (Wildman–Crippen LogP) is 0.799. The number of nitrogens with two attached hydrogens (primary N) is 1. The summed E-state index contributed by atoms with van der Waals surface area (Å²) in [6.45, 7) is 7.93. The smallest absolute Gasteiger partial charge is 0.317 e. The van der Waals surface area contributed by atoms with Gasteiger partial charge >= 0.3 is 6.03 Å². The van der Waals surface area contributed by atoms with Crippen molar-refractivity contribution in [2.45, 2.75) is 39.5 Å². The Labute approximate surface area is 174 Å². The van der Waals surface area contributed by atoms with E-state index in [9.17, 15) is 14.4 Å². The third-order valence-electron chi connectivity index (χ3n) is 5.27. The second-order valence-corrected chi connectivity index (χ2v) is 8.07. The minimum absolute atomic E-state index is 0. The second kappa shape index (κ2) is 12.1. The molecule has 28 heavy (non-hydrogen) atoms. The number of likely N-dealkylation sites (tertiary alicyclic amines) is 2. The molecule has 2 unspecified atom stereocenters. The molecule has 0 bridgehead atoms. The molecule has 2 atom stereocenters. The van der Waals surface area contributed by atoms with Crippen molar-refractivity contribution in [3.63, 3.8) is 0 Å². The summed E-state index contributed by atoms with van der Waals surface area (Å²) in [5.74, 6) is 0.119. The van der Waals surface area contributed by atoms with E-state index >= 15 is 0 Å². The number of amides is 4. The highest BCUT2D eigenvalue weighted by atomic mass is 35.5. The van der Waals surface area contributed by atoms with E-state index in [1.54, 1.807) is 4.90 Å². The lowest BCUT2D eigenvalue weighted by molar-refractivity contribution is -0.140. The molecule has 2 saturated heterocycles. The monoisotopic (exact) mass is 417 g/mol. The van der Waals surface area contributed by atoms with Gasteiger partial charge in [-0.05, 0) is 31.6 Å². The standard InChI is InChI=1S/C19H35N5O3.ClH/c1-14(2)11-22-19(27)24-10-4-6-16(13-24)18(26)23-9-3-5-15(12-23)17(25)21-8-7-20;/h14-16H,3-13,20H2,1-2H3,(H,21,25)(H,22,27);1H. The predicted molar refractivity (Wildman–Crippen MR) is 111 cm³/mol. The Morgan fingerprint density at radius 2 is 1.61 bits per heavy atom. The summed E-state index contributed by atoms with van der Waals surface area (Å²) in [7, 11) is 0. The maximum atomic E-state index is 13.0. The van der Waals surface area contributed by atoms with Crippen LogP contribution in [0.1, 0.15) is 39.5 Å². The molecule has 0 aromatic rings. The summed E-state index contributed by atoms with van der Waals surface area (Å²) < 4.78 is 0. The van der Waals surface area contributed by atoms with Crippen LogP contribution in [0.3, 0.4) is 0 Å². The van der Waals surface area contributed by atoms with E-state index in [1.165, 1.54) is 0 Å². The SMILES string of the molecule is CC(C)CNC(=O)N1CCCC(C(=O)N2CCCC(C(=O)NCCN)C2)C1.Cl. The van der Waals surface area contributed by atoms with Gasteiger partial charge in [-0.15, -0.1) is 12.4 Å². The van der Waals surface area contributed by atoms with Crippen molar-refractivity contribution in [3.8, 4) is 0 Å². The van der Waals surface area contributed by atoms with Gasteiger partial charge in [-0.2, -0.15) is 0 Å². The van der Waals surface area contributed by atoms with Gasteiger partial charge in [0.1, 0.15) is 0 Å². The number of urea groups is 1. The Morgan fingerprint density at radius 3 is 2.25 bits per heavy atom. The number of carbonyl (C=O) groups is 3. The highest BCUT2D eigenvalue weighted by molar-refractivity contribution is 5.85. The highest BCUT2D eigenvalue weighted by Crippen LogP contribution is 2.23. The first-order valence-corrected chi connectivity index (χ1v) is 10.2. The lowest BCUT2D eigenvalue weighted by Crippen LogP contribution is -2.52. The van der Waals surface area contributed by atoms with Gasteiger partial charge in [-0.25, -0.2) is 4.79 Å². The number of piperidine rings is 2. The zero-order chi connectivity index (χ0) is 19.8. The van der Waals surface area contributed by atoms with E-state index in [0.717, 1.165) is 25.7 Å². The summed E-state index contributed by atoms with van der Waals surface area (Å²) in [4.78, 5) is 41.1. The van der Waals surface area contributed by atoms with Crippen molar-refractivity contribution in [3.05, 3.63) is 0 Å². The maximum Gasteiger partial charge on any atom is 0.317 e. The summed E-state index contributed by atoms with van der Waals surface area (Å²) in [6, 6.07) is -0.0844. The molecular weight excluding hydrogens is 382 g/mol. The minimum Gasteiger partial charge on any atom is -0.355 e. The Morgan fingerprint density at radius 1 is 1.00 bits per heavy atom. The Bertz CT molecular complexity index is 532. The third kappa shape index (κ3) is 7.13. The van der Waals surface area contributed by atoms with E-state index in [2.05, 4.69) is 24.5 Å². The van der Waals surface area contributed by atoms with Crippen LogP contribution in [0.4, 0.5) is 4.79 Å². The van der Waals surface area contributed by atoms with Crippen LogP contribution in [-0.2, 0) is 9.59 Å². The molecule has 2 aliphatic rings. The summed E-state index contributed by atoms with van der Waals surface area (Å²) in [6.07, 6.45) is 3.26. The van der Waals surface area contributed by atoms with Crippen molar-refractivity contribution in [1.82, 2.24) is 20.4 Å². The van der Waals surface area contributed by atoms with Gasteiger partial charge in [0.05, 0.1) is 11.8 Å². The summed E-state index contributed by atoms with van der Waals surface area (Å²) in [5, 5.41) is 5.75. The van der Waals surface area contributed by atoms with Crippen molar-refractivity contribution in [2.24, 2.45) is 23.5 Å². The fourth-order valence-corrected chi connectivity index (χ4v) is 3.76. The molecule has 0 saturated carbocycles. The molecule has 0 spiro atoms. The molecule has 9 heteroatoms.